The molecule has 0 saturated carbocycles. The van der Waals surface area contributed by atoms with E-state index >= 15 is 0 Å². The molecule has 0 spiro atoms. The lowest BCUT2D eigenvalue weighted by Crippen LogP contribution is -2.47. The van der Waals surface area contributed by atoms with Crippen LogP contribution in [0.3, 0.4) is 0 Å². The Kier molecular flexibility index (Phi) is 6.37. The van der Waals surface area contributed by atoms with Gasteiger partial charge in [-0.2, -0.15) is 10.2 Å². The Morgan fingerprint density at radius 3 is 2.33 bits per heavy atom. The highest BCUT2D eigenvalue weighted by atomic mass is 35.5. The van der Waals surface area contributed by atoms with Crippen molar-refractivity contribution < 1.29 is 9.50 Å². The predicted octanol–water partition coefficient (Wildman–Crippen LogP) is 3.95. The number of aryl methyl sites for hydroxylation is 1. The molecule has 0 aliphatic carbocycles. The van der Waals surface area contributed by atoms with Crippen molar-refractivity contribution in [3.05, 3.63) is 82.5 Å². The monoisotopic (exact) mass is 567 g/mol. The van der Waals surface area contributed by atoms with Crippen LogP contribution in [0.4, 0.5) is 16.2 Å². The van der Waals surface area contributed by atoms with Gasteiger partial charge >= 0.3 is 0 Å². The molecule has 0 radical (unpaired) electrons. The van der Waals surface area contributed by atoms with Crippen LogP contribution in [0.15, 0.2) is 55.5 Å². The van der Waals surface area contributed by atoms with Crippen LogP contribution >= 0.6 is 23.2 Å². The van der Waals surface area contributed by atoms with E-state index < -0.39 is 11.4 Å². The fourth-order valence-corrected chi connectivity index (χ4v) is 5.53. The van der Waals surface area contributed by atoms with Crippen LogP contribution in [-0.2, 0) is 12.6 Å². The number of benzene rings is 1. The van der Waals surface area contributed by atoms with Crippen molar-refractivity contribution >= 4 is 40.5 Å². The fraction of sp³-hybridized carbons (Fsp3) is 0.269. The van der Waals surface area contributed by atoms with E-state index in [1.165, 1.54) is 24.5 Å². The molecule has 1 aliphatic heterocycles. The van der Waals surface area contributed by atoms with Gasteiger partial charge in [0.05, 0.1) is 11.2 Å². The summed E-state index contributed by atoms with van der Waals surface area (Å²) >= 11 is 13.0. The second kappa shape index (κ2) is 9.74. The highest BCUT2D eigenvalue weighted by Gasteiger charge is 2.30. The normalized spacial score (nSPS) is 15.6. The van der Waals surface area contributed by atoms with Crippen molar-refractivity contribution in [1.82, 2.24) is 34.3 Å². The van der Waals surface area contributed by atoms with Crippen LogP contribution in [0.25, 0.3) is 16.6 Å². The number of rotatable bonds is 5. The topological polar surface area (TPSA) is 101 Å². The SMILES string of the molecule is Cn1cc(-c2cn3ncnc(N4CCN(c5ncc([C@@](C)(O)c6ccc(F)cc6Cl)cn5)CC4)c3c2Cl)cn1. The van der Waals surface area contributed by atoms with Gasteiger partial charge in [-0.3, -0.25) is 4.68 Å². The number of fused-ring (bicyclic) bond motifs is 1. The molecule has 5 aromatic rings. The zero-order chi connectivity index (χ0) is 27.3. The van der Waals surface area contributed by atoms with Gasteiger partial charge in [-0.05, 0) is 19.1 Å². The second-order valence-electron chi connectivity index (χ2n) is 9.58. The summed E-state index contributed by atoms with van der Waals surface area (Å²) in [5.74, 6) is 0.835. The van der Waals surface area contributed by atoms with E-state index in [1.807, 2.05) is 19.4 Å². The molecule has 6 rings (SSSR count). The predicted molar refractivity (Wildman–Crippen MR) is 147 cm³/mol. The quantitative estimate of drug-likeness (QED) is 0.341. The molecule has 1 fully saturated rings. The number of piperazine rings is 1. The molecule has 4 aromatic heterocycles. The van der Waals surface area contributed by atoms with Crippen LogP contribution in [0.1, 0.15) is 18.1 Å². The van der Waals surface area contributed by atoms with Crippen molar-refractivity contribution in [1.29, 1.82) is 0 Å². The summed E-state index contributed by atoms with van der Waals surface area (Å²) in [5.41, 5.74) is 1.85. The number of halogens is 3. The van der Waals surface area contributed by atoms with Gasteiger partial charge in [0, 0.05) is 85.3 Å². The molecule has 10 nitrogen and oxygen atoms in total. The first-order valence-corrected chi connectivity index (χ1v) is 13.0. The molecule has 0 bridgehead atoms. The van der Waals surface area contributed by atoms with E-state index in [2.05, 4.69) is 34.9 Å². The van der Waals surface area contributed by atoms with E-state index in [0.717, 1.165) is 22.5 Å². The van der Waals surface area contributed by atoms with Crippen molar-refractivity contribution in [2.45, 2.75) is 12.5 Å². The molecular formula is C26H24Cl2FN9O. The molecular weight excluding hydrogens is 544 g/mol. The Hall–Kier alpha value is -3.80. The number of aliphatic hydroxyl groups is 1. The maximum Gasteiger partial charge on any atom is 0.225 e. The third-order valence-corrected chi connectivity index (χ3v) is 7.72. The Labute approximate surface area is 233 Å². The molecule has 0 amide bonds. The first-order chi connectivity index (χ1) is 18.7. The summed E-state index contributed by atoms with van der Waals surface area (Å²) in [6.45, 7) is 4.24. The maximum atomic E-state index is 13.5. The molecule has 1 atom stereocenters. The van der Waals surface area contributed by atoms with Gasteiger partial charge in [-0.25, -0.2) is 23.9 Å². The minimum Gasteiger partial charge on any atom is -0.381 e. The summed E-state index contributed by atoms with van der Waals surface area (Å²) in [5, 5.41) is 20.5. The fourth-order valence-electron chi connectivity index (χ4n) is 4.85. The van der Waals surface area contributed by atoms with Crippen molar-refractivity contribution in [3.63, 3.8) is 0 Å². The number of anilines is 2. The molecule has 1 aliphatic rings. The molecule has 0 unspecified atom stereocenters. The molecule has 5 heterocycles. The van der Waals surface area contributed by atoms with Gasteiger partial charge in [-0.1, -0.05) is 29.3 Å². The molecule has 1 saturated heterocycles. The van der Waals surface area contributed by atoms with Crippen molar-refractivity contribution in [3.8, 4) is 11.1 Å². The van der Waals surface area contributed by atoms with Gasteiger partial charge < -0.3 is 14.9 Å². The minimum atomic E-state index is -1.48. The lowest BCUT2D eigenvalue weighted by molar-refractivity contribution is 0.101. The Balaban J connectivity index is 1.19. The van der Waals surface area contributed by atoms with Crippen LogP contribution in [0.5, 0.6) is 0 Å². The zero-order valence-corrected chi connectivity index (χ0v) is 22.6. The number of aromatic nitrogens is 7. The smallest absolute Gasteiger partial charge is 0.225 e. The van der Waals surface area contributed by atoms with Crippen LogP contribution in [0.2, 0.25) is 10.0 Å². The number of hydrogen-bond donors (Lipinski definition) is 1. The van der Waals surface area contributed by atoms with E-state index in [0.29, 0.717) is 48.3 Å². The maximum absolute atomic E-state index is 13.5. The summed E-state index contributed by atoms with van der Waals surface area (Å²) in [4.78, 5) is 17.8. The van der Waals surface area contributed by atoms with Crippen LogP contribution in [-0.4, -0.2) is 65.6 Å². The summed E-state index contributed by atoms with van der Waals surface area (Å²) < 4.78 is 17.0. The van der Waals surface area contributed by atoms with Gasteiger partial charge in [0.15, 0.2) is 5.82 Å². The van der Waals surface area contributed by atoms with Crippen LogP contribution < -0.4 is 9.80 Å². The molecule has 13 heteroatoms. The summed E-state index contributed by atoms with van der Waals surface area (Å²) in [7, 11) is 1.86. The largest absolute Gasteiger partial charge is 0.381 e. The Bertz CT molecular complexity index is 1660. The van der Waals surface area contributed by atoms with Gasteiger partial charge in [0.25, 0.3) is 0 Å². The zero-order valence-electron chi connectivity index (χ0n) is 21.1. The van der Waals surface area contributed by atoms with Gasteiger partial charge in [-0.15, -0.1) is 0 Å². The molecule has 1 N–H and O–H groups in total. The highest BCUT2D eigenvalue weighted by molar-refractivity contribution is 6.37. The average Bonchev–Trinajstić information content (AvgIpc) is 3.51. The van der Waals surface area contributed by atoms with Gasteiger partial charge in [0.2, 0.25) is 5.95 Å². The molecule has 200 valence electrons. The molecule has 1 aromatic carbocycles. The summed E-state index contributed by atoms with van der Waals surface area (Å²) in [6, 6.07) is 3.90. The number of nitrogens with zero attached hydrogens (tertiary/aromatic N) is 9. The van der Waals surface area contributed by atoms with Crippen molar-refractivity contribution in [2.75, 3.05) is 36.0 Å². The highest BCUT2D eigenvalue weighted by Crippen LogP contribution is 2.37. The van der Waals surface area contributed by atoms with Gasteiger partial charge in [0.1, 0.15) is 23.3 Å². The Morgan fingerprint density at radius 2 is 1.67 bits per heavy atom. The molecule has 39 heavy (non-hydrogen) atoms. The van der Waals surface area contributed by atoms with E-state index in [-0.39, 0.29) is 5.02 Å². The first-order valence-electron chi connectivity index (χ1n) is 12.2. The third kappa shape index (κ3) is 4.56. The van der Waals surface area contributed by atoms with E-state index in [9.17, 15) is 9.50 Å². The lowest BCUT2D eigenvalue weighted by atomic mass is 9.90. The first kappa shape index (κ1) is 25.5. The third-order valence-electron chi connectivity index (χ3n) is 7.03. The summed E-state index contributed by atoms with van der Waals surface area (Å²) in [6.07, 6.45) is 10.2. The minimum absolute atomic E-state index is 0.134. The van der Waals surface area contributed by atoms with E-state index in [1.54, 1.807) is 34.7 Å². The number of hydrogen-bond acceptors (Lipinski definition) is 8. The van der Waals surface area contributed by atoms with E-state index in [4.69, 9.17) is 23.2 Å². The standard InChI is InChI=1S/C26H24Cl2FN9O/c1-26(39,20-4-3-18(29)9-21(20)27)17-11-30-25(31-12-17)37-7-5-36(6-8-37)24-23-22(28)19(14-38(23)34-15-32-24)16-10-33-35(2)13-16/h3-4,9-15,39H,5-8H2,1-2H3/t26-/m1/s1. The average molecular weight is 568 g/mol. The van der Waals surface area contributed by atoms with Crippen LogP contribution in [0, 0.1) is 5.82 Å². The second-order valence-corrected chi connectivity index (χ2v) is 10.4. The van der Waals surface area contributed by atoms with Crippen molar-refractivity contribution in [2.24, 2.45) is 7.05 Å². The Morgan fingerprint density at radius 1 is 0.949 bits per heavy atom. The lowest BCUT2D eigenvalue weighted by Gasteiger charge is -2.35.